The molecule has 0 spiro atoms. The zero-order chi connectivity index (χ0) is 23.8. The van der Waals surface area contributed by atoms with Gasteiger partial charge in [0.05, 0.1) is 0 Å². The predicted molar refractivity (Wildman–Crippen MR) is 134 cm³/mol. The van der Waals surface area contributed by atoms with Gasteiger partial charge >= 0.3 is 0 Å². The van der Waals surface area contributed by atoms with E-state index in [1.54, 1.807) is 48.7 Å². The number of rotatable bonds is 8. The van der Waals surface area contributed by atoms with E-state index in [0.717, 1.165) is 32.6 Å². The highest BCUT2D eigenvalue weighted by atomic mass is 16.2. The van der Waals surface area contributed by atoms with E-state index in [-0.39, 0.29) is 11.8 Å². The Labute approximate surface area is 200 Å². The van der Waals surface area contributed by atoms with E-state index < -0.39 is 0 Å². The molecule has 0 radical (unpaired) electrons. The molecule has 2 amide bonds. The minimum absolute atomic E-state index is 0.111. The zero-order valence-electron chi connectivity index (χ0n) is 19.5. The quantitative estimate of drug-likeness (QED) is 0.507. The Bertz CT molecular complexity index is 1070. The third-order valence-electron chi connectivity index (χ3n) is 6.09. The van der Waals surface area contributed by atoms with Gasteiger partial charge in [-0.05, 0) is 55.4 Å². The van der Waals surface area contributed by atoms with Crippen molar-refractivity contribution >= 4 is 17.5 Å². The number of piperazine rings is 1. The molecule has 34 heavy (non-hydrogen) atoms. The Morgan fingerprint density at radius 1 is 0.941 bits per heavy atom. The number of hydrogen-bond donors (Lipinski definition) is 2. The summed E-state index contributed by atoms with van der Waals surface area (Å²) in [5.41, 5.74) is 2.87. The second kappa shape index (κ2) is 11.5. The summed E-state index contributed by atoms with van der Waals surface area (Å²) < 4.78 is 0. The Hall–Kier alpha value is -3.55. The number of likely N-dealkylation sites (N-methyl/N-ethyl adjacent to an activating group) is 1. The number of hydrogen-bond acceptors (Lipinski definition) is 5. The second-order valence-corrected chi connectivity index (χ2v) is 8.58. The molecule has 1 aromatic heterocycles. The summed E-state index contributed by atoms with van der Waals surface area (Å²) in [6, 6.07) is 23.1. The Morgan fingerprint density at radius 3 is 2.44 bits per heavy atom. The fourth-order valence-electron chi connectivity index (χ4n) is 4.20. The fourth-order valence-corrected chi connectivity index (χ4v) is 4.20. The number of carbonyl (C=O) groups excluding carboxylic acids is 2. The van der Waals surface area contributed by atoms with Gasteiger partial charge in [-0.1, -0.05) is 36.4 Å². The predicted octanol–water partition coefficient (Wildman–Crippen LogP) is 3.44. The van der Waals surface area contributed by atoms with Crippen molar-refractivity contribution in [3.05, 3.63) is 95.8 Å². The number of nitrogens with one attached hydrogen (secondary N) is 2. The SMILES string of the molecule is CN1CCN(CCCNC(=O)c2ccc(NC(=O)c3ccccn3)cc2)[C@@H](c2ccccc2)C1. The summed E-state index contributed by atoms with van der Waals surface area (Å²) in [7, 11) is 2.17. The third kappa shape index (κ3) is 6.27. The summed E-state index contributed by atoms with van der Waals surface area (Å²) in [5, 5.41) is 5.81. The summed E-state index contributed by atoms with van der Waals surface area (Å²) in [5.74, 6) is -0.392. The largest absolute Gasteiger partial charge is 0.352 e. The molecule has 1 saturated heterocycles. The van der Waals surface area contributed by atoms with Crippen LogP contribution in [0.15, 0.2) is 79.0 Å². The maximum absolute atomic E-state index is 12.6. The summed E-state index contributed by atoms with van der Waals surface area (Å²) >= 11 is 0. The van der Waals surface area contributed by atoms with E-state index in [2.05, 4.69) is 62.8 Å². The first-order chi connectivity index (χ1) is 16.6. The highest BCUT2D eigenvalue weighted by molar-refractivity contribution is 6.03. The molecule has 2 aromatic carbocycles. The molecule has 0 aliphatic carbocycles. The first-order valence-corrected chi connectivity index (χ1v) is 11.7. The fraction of sp³-hybridized carbons (Fsp3) is 0.296. The van der Waals surface area contributed by atoms with E-state index >= 15 is 0 Å². The molecule has 7 heteroatoms. The van der Waals surface area contributed by atoms with Crippen molar-refractivity contribution in [2.45, 2.75) is 12.5 Å². The molecule has 1 aliphatic heterocycles. The van der Waals surface area contributed by atoms with Gasteiger partial charge in [-0.15, -0.1) is 0 Å². The summed E-state index contributed by atoms with van der Waals surface area (Å²) in [6.07, 6.45) is 2.46. The number of nitrogens with zero attached hydrogens (tertiary/aromatic N) is 3. The average Bonchev–Trinajstić information content (AvgIpc) is 2.88. The smallest absolute Gasteiger partial charge is 0.274 e. The summed E-state index contributed by atoms with van der Waals surface area (Å²) in [4.78, 5) is 33.7. The van der Waals surface area contributed by atoms with Crippen LogP contribution in [0.25, 0.3) is 0 Å². The van der Waals surface area contributed by atoms with E-state index in [9.17, 15) is 9.59 Å². The Kier molecular flexibility index (Phi) is 8.01. The molecule has 1 aliphatic rings. The lowest BCUT2D eigenvalue weighted by Crippen LogP contribution is -2.47. The molecule has 7 nitrogen and oxygen atoms in total. The maximum atomic E-state index is 12.6. The molecule has 0 bridgehead atoms. The highest BCUT2D eigenvalue weighted by Gasteiger charge is 2.25. The van der Waals surface area contributed by atoms with Crippen LogP contribution < -0.4 is 10.6 Å². The highest BCUT2D eigenvalue weighted by Crippen LogP contribution is 2.24. The van der Waals surface area contributed by atoms with Gasteiger partial charge in [0.1, 0.15) is 5.69 Å². The van der Waals surface area contributed by atoms with Gasteiger partial charge in [0.25, 0.3) is 11.8 Å². The molecule has 0 unspecified atom stereocenters. The van der Waals surface area contributed by atoms with Gasteiger partial charge in [0, 0.05) is 56.2 Å². The number of anilines is 1. The van der Waals surface area contributed by atoms with Crippen LogP contribution in [0.2, 0.25) is 0 Å². The van der Waals surface area contributed by atoms with Crippen molar-refractivity contribution in [1.82, 2.24) is 20.1 Å². The average molecular weight is 458 g/mol. The molecule has 1 fully saturated rings. The van der Waals surface area contributed by atoms with Crippen LogP contribution in [-0.2, 0) is 0 Å². The molecule has 2 heterocycles. The number of aromatic nitrogens is 1. The van der Waals surface area contributed by atoms with Crippen LogP contribution in [0.5, 0.6) is 0 Å². The van der Waals surface area contributed by atoms with Gasteiger partial charge in [-0.2, -0.15) is 0 Å². The lowest BCUT2D eigenvalue weighted by Gasteiger charge is -2.40. The van der Waals surface area contributed by atoms with Crippen LogP contribution >= 0.6 is 0 Å². The van der Waals surface area contributed by atoms with Crippen molar-refractivity contribution in [1.29, 1.82) is 0 Å². The molecule has 4 rings (SSSR count). The first kappa shape index (κ1) is 23.6. The van der Waals surface area contributed by atoms with Crippen molar-refractivity contribution in [3.8, 4) is 0 Å². The van der Waals surface area contributed by atoms with Crippen molar-refractivity contribution < 1.29 is 9.59 Å². The van der Waals surface area contributed by atoms with Crippen LogP contribution in [-0.4, -0.2) is 66.4 Å². The molecular formula is C27H31N5O2. The standard InChI is InChI=1S/C27H31N5O2/c1-31-18-19-32(25(20-31)21-8-3-2-4-9-21)17-7-16-29-26(33)22-11-13-23(14-12-22)30-27(34)24-10-5-6-15-28-24/h2-6,8-15,25H,7,16-20H2,1H3,(H,29,33)(H,30,34)/t25-/m1/s1. The molecule has 2 N–H and O–H groups in total. The van der Waals surface area contributed by atoms with Crippen LogP contribution in [0.4, 0.5) is 5.69 Å². The van der Waals surface area contributed by atoms with Crippen molar-refractivity contribution in [2.24, 2.45) is 0 Å². The zero-order valence-corrected chi connectivity index (χ0v) is 19.5. The number of benzene rings is 2. The molecule has 176 valence electrons. The maximum Gasteiger partial charge on any atom is 0.274 e. The van der Waals surface area contributed by atoms with E-state index in [1.165, 1.54) is 5.56 Å². The van der Waals surface area contributed by atoms with E-state index in [4.69, 9.17) is 0 Å². The summed E-state index contributed by atoms with van der Waals surface area (Å²) in [6.45, 7) is 4.64. The number of amides is 2. The topological polar surface area (TPSA) is 77.6 Å². The lowest BCUT2D eigenvalue weighted by molar-refractivity contribution is 0.0865. The minimum atomic E-state index is -0.282. The molecular weight excluding hydrogens is 426 g/mol. The van der Waals surface area contributed by atoms with Gasteiger partial charge in [0.15, 0.2) is 0 Å². The lowest BCUT2D eigenvalue weighted by atomic mass is 10.0. The van der Waals surface area contributed by atoms with E-state index in [1.807, 2.05) is 0 Å². The Balaban J connectivity index is 1.24. The monoisotopic (exact) mass is 457 g/mol. The number of carbonyl (C=O) groups is 2. The third-order valence-corrected chi connectivity index (χ3v) is 6.09. The van der Waals surface area contributed by atoms with Crippen LogP contribution in [0.3, 0.4) is 0 Å². The van der Waals surface area contributed by atoms with Crippen LogP contribution in [0.1, 0.15) is 38.9 Å². The number of pyridine rings is 1. The molecule has 1 atom stereocenters. The minimum Gasteiger partial charge on any atom is -0.352 e. The van der Waals surface area contributed by atoms with Gasteiger partial charge in [-0.3, -0.25) is 19.5 Å². The van der Waals surface area contributed by atoms with Gasteiger partial charge in [0.2, 0.25) is 0 Å². The van der Waals surface area contributed by atoms with Crippen LogP contribution in [0, 0.1) is 0 Å². The normalized spacial score (nSPS) is 16.7. The Morgan fingerprint density at radius 2 is 1.71 bits per heavy atom. The van der Waals surface area contributed by atoms with Crippen molar-refractivity contribution in [2.75, 3.05) is 45.1 Å². The van der Waals surface area contributed by atoms with E-state index in [0.29, 0.717) is 29.5 Å². The molecule has 0 saturated carbocycles. The molecule has 3 aromatic rings. The first-order valence-electron chi connectivity index (χ1n) is 11.7. The van der Waals surface area contributed by atoms with Gasteiger partial charge in [-0.25, -0.2) is 0 Å². The second-order valence-electron chi connectivity index (χ2n) is 8.58. The van der Waals surface area contributed by atoms with Gasteiger partial charge < -0.3 is 15.5 Å². The van der Waals surface area contributed by atoms with Crippen molar-refractivity contribution in [3.63, 3.8) is 0 Å².